The smallest absolute Gasteiger partial charge is 0.228 e. The molecule has 18 heavy (non-hydrogen) atoms. The summed E-state index contributed by atoms with van der Waals surface area (Å²) < 4.78 is 0. The van der Waals surface area contributed by atoms with Crippen molar-refractivity contribution < 1.29 is 9.72 Å². The number of rotatable bonds is 4. The second-order valence-electron chi connectivity index (χ2n) is 4.59. The van der Waals surface area contributed by atoms with E-state index in [2.05, 4.69) is 5.32 Å². The molecule has 1 aromatic carbocycles. The number of benzene rings is 1. The van der Waals surface area contributed by atoms with E-state index in [9.17, 15) is 14.9 Å². The number of anilines is 1. The van der Waals surface area contributed by atoms with E-state index >= 15 is 0 Å². The highest BCUT2D eigenvalue weighted by Gasteiger charge is 2.37. The normalized spacial score (nSPS) is 22.2. The first-order valence-electron chi connectivity index (χ1n) is 6.15. The van der Waals surface area contributed by atoms with Gasteiger partial charge in [-0.2, -0.15) is 0 Å². The molecule has 5 heteroatoms. The zero-order valence-electron chi connectivity index (χ0n) is 10.3. The van der Waals surface area contributed by atoms with Gasteiger partial charge in [-0.3, -0.25) is 14.9 Å². The largest absolute Gasteiger partial charge is 0.326 e. The van der Waals surface area contributed by atoms with E-state index in [1.165, 1.54) is 0 Å². The van der Waals surface area contributed by atoms with Gasteiger partial charge in [-0.15, -0.1) is 0 Å². The first-order chi connectivity index (χ1) is 8.63. The van der Waals surface area contributed by atoms with E-state index in [4.69, 9.17) is 0 Å². The molecule has 0 saturated heterocycles. The summed E-state index contributed by atoms with van der Waals surface area (Å²) >= 11 is 0. The monoisotopic (exact) mass is 248 g/mol. The fourth-order valence-corrected chi connectivity index (χ4v) is 2.59. The van der Waals surface area contributed by atoms with Gasteiger partial charge in [0.1, 0.15) is 0 Å². The van der Waals surface area contributed by atoms with Crippen LogP contribution in [-0.2, 0) is 4.79 Å². The van der Waals surface area contributed by atoms with Gasteiger partial charge in [-0.05, 0) is 18.1 Å². The molecule has 1 aliphatic heterocycles. The van der Waals surface area contributed by atoms with Gasteiger partial charge in [0.15, 0.2) is 0 Å². The van der Waals surface area contributed by atoms with Crippen LogP contribution in [0.1, 0.15) is 31.2 Å². The molecule has 0 fully saturated rings. The molecule has 1 heterocycles. The number of carbonyl (C=O) groups is 1. The second-order valence-corrected chi connectivity index (χ2v) is 4.59. The van der Waals surface area contributed by atoms with Crippen molar-refractivity contribution in [3.8, 4) is 0 Å². The minimum Gasteiger partial charge on any atom is -0.326 e. The fraction of sp³-hybridized carbons (Fsp3) is 0.462. The summed E-state index contributed by atoms with van der Waals surface area (Å²) in [4.78, 5) is 22.5. The number of nitrogens with zero attached hydrogens (tertiary/aromatic N) is 1. The molecule has 0 spiro atoms. The number of nitro groups is 1. The van der Waals surface area contributed by atoms with Crippen LogP contribution in [0.3, 0.4) is 0 Å². The maximum atomic E-state index is 12.0. The van der Waals surface area contributed by atoms with Crippen LogP contribution in [0.4, 0.5) is 5.69 Å². The van der Waals surface area contributed by atoms with E-state index in [0.29, 0.717) is 12.1 Å². The van der Waals surface area contributed by atoms with Crippen LogP contribution in [0.15, 0.2) is 24.3 Å². The average Bonchev–Trinajstić information content (AvgIpc) is 2.33. The van der Waals surface area contributed by atoms with E-state index in [1.807, 2.05) is 25.1 Å². The van der Waals surface area contributed by atoms with Crippen molar-refractivity contribution in [3.05, 3.63) is 39.9 Å². The summed E-state index contributed by atoms with van der Waals surface area (Å²) in [6.07, 6.45) is 1.52. The van der Waals surface area contributed by atoms with Crippen LogP contribution in [0.5, 0.6) is 0 Å². The zero-order valence-corrected chi connectivity index (χ0v) is 10.3. The van der Waals surface area contributed by atoms with E-state index in [1.54, 1.807) is 6.07 Å². The van der Waals surface area contributed by atoms with E-state index in [0.717, 1.165) is 12.0 Å². The van der Waals surface area contributed by atoms with Crippen LogP contribution >= 0.6 is 0 Å². The van der Waals surface area contributed by atoms with Gasteiger partial charge in [0.25, 0.3) is 0 Å². The standard InChI is InChI=1S/C13H16N2O3/c1-2-5-10-11(8-15(17)18)9-6-3-4-7-12(9)14-13(10)16/h3-4,6-7,10-11H,2,5,8H2,1H3,(H,14,16)/t10-,11-/m0/s1. The molecule has 96 valence electrons. The first kappa shape index (κ1) is 12.5. The third-order valence-electron chi connectivity index (χ3n) is 3.39. The molecule has 1 aromatic rings. The molecule has 5 nitrogen and oxygen atoms in total. The third-order valence-corrected chi connectivity index (χ3v) is 3.39. The van der Waals surface area contributed by atoms with Crippen LogP contribution in [0, 0.1) is 16.0 Å². The van der Waals surface area contributed by atoms with Crippen LogP contribution in [-0.4, -0.2) is 17.4 Å². The molecule has 0 bridgehead atoms. The Kier molecular flexibility index (Phi) is 3.60. The predicted octanol–water partition coefficient (Wildman–Crippen LogP) is 2.42. The number of fused-ring (bicyclic) bond motifs is 1. The molecule has 2 atom stereocenters. The quantitative estimate of drug-likeness (QED) is 0.657. The lowest BCUT2D eigenvalue weighted by atomic mass is 9.79. The summed E-state index contributed by atoms with van der Waals surface area (Å²) in [6.45, 7) is 1.80. The Hall–Kier alpha value is -1.91. The molecule has 0 aliphatic carbocycles. The molecule has 1 aliphatic rings. The lowest BCUT2D eigenvalue weighted by Crippen LogP contribution is -2.36. The summed E-state index contributed by atoms with van der Waals surface area (Å²) in [5, 5.41) is 13.6. The van der Waals surface area contributed by atoms with Gasteiger partial charge in [-0.25, -0.2) is 0 Å². The predicted molar refractivity (Wildman–Crippen MR) is 68.1 cm³/mol. The number of amides is 1. The molecule has 0 aromatic heterocycles. The Bertz CT molecular complexity index is 473. The lowest BCUT2D eigenvalue weighted by molar-refractivity contribution is -0.484. The minimum absolute atomic E-state index is 0.0950. The number of hydrogen-bond acceptors (Lipinski definition) is 3. The maximum Gasteiger partial charge on any atom is 0.228 e. The highest BCUT2D eigenvalue weighted by atomic mass is 16.6. The molecule has 0 unspecified atom stereocenters. The SMILES string of the molecule is CCC[C@@H]1C(=O)Nc2ccccc2[C@@H]1C[N+](=O)[O-]. The Morgan fingerprint density at radius 3 is 2.72 bits per heavy atom. The van der Waals surface area contributed by atoms with E-state index in [-0.39, 0.29) is 29.2 Å². The summed E-state index contributed by atoms with van der Waals surface area (Å²) in [5.74, 6) is -0.706. The molecular weight excluding hydrogens is 232 g/mol. The highest BCUT2D eigenvalue weighted by molar-refractivity contribution is 5.96. The van der Waals surface area contributed by atoms with Crippen molar-refractivity contribution in [1.29, 1.82) is 0 Å². The van der Waals surface area contributed by atoms with E-state index < -0.39 is 0 Å². The topological polar surface area (TPSA) is 72.2 Å². The third kappa shape index (κ3) is 2.34. The van der Waals surface area contributed by atoms with Gasteiger partial charge >= 0.3 is 0 Å². The molecule has 2 rings (SSSR count). The average molecular weight is 248 g/mol. The van der Waals surface area contributed by atoms with Crippen LogP contribution < -0.4 is 5.32 Å². The first-order valence-corrected chi connectivity index (χ1v) is 6.15. The summed E-state index contributed by atoms with van der Waals surface area (Å²) in [6, 6.07) is 7.34. The molecule has 0 radical (unpaired) electrons. The number of para-hydroxylation sites is 1. The van der Waals surface area contributed by atoms with Crippen molar-refractivity contribution in [1.82, 2.24) is 0 Å². The van der Waals surface area contributed by atoms with Crippen molar-refractivity contribution in [2.45, 2.75) is 25.7 Å². The minimum atomic E-state index is -0.331. The number of carbonyl (C=O) groups excluding carboxylic acids is 1. The van der Waals surface area contributed by atoms with Crippen molar-refractivity contribution in [3.63, 3.8) is 0 Å². The van der Waals surface area contributed by atoms with Gasteiger partial charge in [0.2, 0.25) is 12.5 Å². The molecule has 0 saturated carbocycles. The Labute approximate surface area is 105 Å². The second kappa shape index (κ2) is 5.16. The van der Waals surface area contributed by atoms with Gasteiger partial charge in [0.05, 0.1) is 11.8 Å². The zero-order chi connectivity index (χ0) is 13.1. The van der Waals surface area contributed by atoms with Crippen molar-refractivity contribution in [2.75, 3.05) is 11.9 Å². The van der Waals surface area contributed by atoms with Gasteiger partial charge in [0, 0.05) is 10.6 Å². The maximum absolute atomic E-state index is 12.0. The van der Waals surface area contributed by atoms with Crippen molar-refractivity contribution >= 4 is 11.6 Å². The van der Waals surface area contributed by atoms with Gasteiger partial charge in [-0.1, -0.05) is 31.5 Å². The highest BCUT2D eigenvalue weighted by Crippen LogP contribution is 2.37. The molecule has 1 N–H and O–H groups in total. The molecule has 1 amide bonds. The summed E-state index contributed by atoms with van der Waals surface area (Å²) in [5.41, 5.74) is 1.59. The number of hydrogen-bond donors (Lipinski definition) is 1. The lowest BCUT2D eigenvalue weighted by Gasteiger charge is -2.30. The Morgan fingerprint density at radius 2 is 2.06 bits per heavy atom. The van der Waals surface area contributed by atoms with Crippen molar-refractivity contribution in [2.24, 2.45) is 5.92 Å². The van der Waals surface area contributed by atoms with Gasteiger partial charge < -0.3 is 5.32 Å². The number of nitrogens with one attached hydrogen (secondary N) is 1. The van der Waals surface area contributed by atoms with Crippen LogP contribution in [0.25, 0.3) is 0 Å². The fourth-order valence-electron chi connectivity index (χ4n) is 2.59. The Balaban J connectivity index is 2.39. The summed E-state index contributed by atoms with van der Waals surface area (Å²) in [7, 11) is 0. The molecular formula is C13H16N2O3. The Morgan fingerprint density at radius 1 is 1.33 bits per heavy atom. The van der Waals surface area contributed by atoms with Crippen LogP contribution in [0.2, 0.25) is 0 Å².